The maximum absolute atomic E-state index is 5.71. The van der Waals surface area contributed by atoms with Gasteiger partial charge >= 0.3 is 0 Å². The highest BCUT2D eigenvalue weighted by Crippen LogP contribution is 2.27. The second-order valence-electron chi connectivity index (χ2n) is 3.81. The first kappa shape index (κ1) is 9.36. The molecule has 0 saturated carbocycles. The summed E-state index contributed by atoms with van der Waals surface area (Å²) in [7, 11) is 0. The van der Waals surface area contributed by atoms with E-state index in [0.29, 0.717) is 6.04 Å². The number of halogens is 1. The zero-order valence-corrected chi connectivity index (χ0v) is 9.75. The van der Waals surface area contributed by atoms with E-state index < -0.39 is 0 Å². The van der Waals surface area contributed by atoms with Crippen LogP contribution in [0.4, 0.5) is 0 Å². The summed E-state index contributed by atoms with van der Waals surface area (Å²) in [6.45, 7) is 1.06. The molecule has 0 amide bonds. The van der Waals surface area contributed by atoms with Crippen molar-refractivity contribution < 1.29 is 4.42 Å². The Hall–Kier alpha value is -0.870. The summed E-state index contributed by atoms with van der Waals surface area (Å²) in [6, 6.07) is 6.21. The van der Waals surface area contributed by atoms with Gasteiger partial charge in [0.05, 0.1) is 6.04 Å². The molecular formula is C11H11BrN2O. The number of hydrogen-bond acceptors (Lipinski definition) is 3. The first-order chi connectivity index (χ1) is 7.33. The normalized spacial score (nSPS) is 21.3. The van der Waals surface area contributed by atoms with Crippen molar-refractivity contribution >= 4 is 27.0 Å². The van der Waals surface area contributed by atoms with Crippen molar-refractivity contribution in [2.75, 3.05) is 6.54 Å². The van der Waals surface area contributed by atoms with Gasteiger partial charge in [-0.25, -0.2) is 4.98 Å². The standard InChI is InChI=1S/C11H11BrN2O/c12-7-3-4-10-9(6-7)14-11(15-10)8-2-1-5-13-8/h3-4,6,8,13H,1-2,5H2. The van der Waals surface area contributed by atoms with Crippen LogP contribution in [-0.2, 0) is 0 Å². The van der Waals surface area contributed by atoms with Gasteiger partial charge < -0.3 is 9.73 Å². The van der Waals surface area contributed by atoms with E-state index in [-0.39, 0.29) is 0 Å². The third-order valence-corrected chi connectivity index (χ3v) is 3.22. The van der Waals surface area contributed by atoms with Crippen molar-refractivity contribution in [3.05, 3.63) is 28.6 Å². The van der Waals surface area contributed by atoms with Crippen molar-refractivity contribution in [2.24, 2.45) is 0 Å². The van der Waals surface area contributed by atoms with Gasteiger partial charge in [-0.3, -0.25) is 0 Å². The molecule has 1 aliphatic heterocycles. The molecule has 2 aromatic rings. The molecule has 3 nitrogen and oxygen atoms in total. The molecule has 1 atom stereocenters. The van der Waals surface area contributed by atoms with E-state index in [2.05, 4.69) is 26.2 Å². The molecule has 1 aliphatic rings. The van der Waals surface area contributed by atoms with Crippen LogP contribution in [0.5, 0.6) is 0 Å². The van der Waals surface area contributed by atoms with E-state index in [1.54, 1.807) is 0 Å². The monoisotopic (exact) mass is 266 g/mol. The first-order valence-corrected chi connectivity index (χ1v) is 5.91. The second kappa shape index (κ2) is 3.61. The number of fused-ring (bicyclic) bond motifs is 1. The van der Waals surface area contributed by atoms with Crippen LogP contribution in [0.1, 0.15) is 24.8 Å². The van der Waals surface area contributed by atoms with Gasteiger partial charge in [-0.05, 0) is 37.6 Å². The SMILES string of the molecule is Brc1ccc2oc(C3CCCN3)nc2c1. The third kappa shape index (κ3) is 1.68. The number of rotatable bonds is 1. The molecule has 1 fully saturated rings. The molecule has 2 heterocycles. The summed E-state index contributed by atoms with van der Waals surface area (Å²) < 4.78 is 6.75. The van der Waals surface area contributed by atoms with E-state index in [9.17, 15) is 0 Å². The van der Waals surface area contributed by atoms with Crippen LogP contribution in [-0.4, -0.2) is 11.5 Å². The van der Waals surface area contributed by atoms with Gasteiger partial charge in [0.1, 0.15) is 5.52 Å². The fraction of sp³-hybridized carbons (Fsp3) is 0.364. The van der Waals surface area contributed by atoms with E-state index in [1.807, 2.05) is 18.2 Å². The Labute approximate surface area is 96.0 Å². The van der Waals surface area contributed by atoms with Crippen LogP contribution >= 0.6 is 15.9 Å². The van der Waals surface area contributed by atoms with Gasteiger partial charge in [-0.15, -0.1) is 0 Å². The predicted octanol–water partition coefficient (Wildman–Crippen LogP) is 3.01. The molecule has 0 radical (unpaired) electrons. The molecule has 1 aromatic carbocycles. The van der Waals surface area contributed by atoms with Gasteiger partial charge in [0.2, 0.25) is 5.89 Å². The lowest BCUT2D eigenvalue weighted by atomic mass is 10.2. The Bertz CT molecular complexity index is 488. The number of nitrogens with zero attached hydrogens (tertiary/aromatic N) is 1. The lowest BCUT2D eigenvalue weighted by Crippen LogP contribution is -2.12. The number of benzene rings is 1. The smallest absolute Gasteiger partial charge is 0.212 e. The van der Waals surface area contributed by atoms with Crippen molar-refractivity contribution in [2.45, 2.75) is 18.9 Å². The molecule has 1 unspecified atom stereocenters. The van der Waals surface area contributed by atoms with Crippen molar-refractivity contribution in [1.82, 2.24) is 10.3 Å². The Morgan fingerprint density at radius 2 is 2.40 bits per heavy atom. The largest absolute Gasteiger partial charge is 0.439 e. The summed E-state index contributed by atoms with van der Waals surface area (Å²) in [5.41, 5.74) is 1.79. The molecule has 0 bridgehead atoms. The summed E-state index contributed by atoms with van der Waals surface area (Å²) in [5.74, 6) is 0.820. The summed E-state index contributed by atoms with van der Waals surface area (Å²) >= 11 is 3.43. The molecule has 1 aromatic heterocycles. The molecule has 1 saturated heterocycles. The number of nitrogens with one attached hydrogen (secondary N) is 1. The van der Waals surface area contributed by atoms with Gasteiger partial charge in [-0.1, -0.05) is 15.9 Å². The molecule has 78 valence electrons. The average molecular weight is 267 g/mol. The van der Waals surface area contributed by atoms with E-state index in [0.717, 1.165) is 34.4 Å². The Morgan fingerprint density at radius 1 is 1.47 bits per heavy atom. The third-order valence-electron chi connectivity index (χ3n) is 2.72. The van der Waals surface area contributed by atoms with Crippen LogP contribution in [0.15, 0.2) is 27.1 Å². The van der Waals surface area contributed by atoms with E-state index in [1.165, 1.54) is 6.42 Å². The Morgan fingerprint density at radius 3 is 3.20 bits per heavy atom. The molecule has 1 N–H and O–H groups in total. The highest BCUT2D eigenvalue weighted by Gasteiger charge is 2.21. The Balaban J connectivity index is 2.05. The molecular weight excluding hydrogens is 256 g/mol. The highest BCUT2D eigenvalue weighted by atomic mass is 79.9. The molecule has 0 aliphatic carbocycles. The van der Waals surface area contributed by atoms with Crippen LogP contribution < -0.4 is 5.32 Å². The molecule has 15 heavy (non-hydrogen) atoms. The second-order valence-corrected chi connectivity index (χ2v) is 4.73. The minimum absolute atomic E-state index is 0.302. The minimum Gasteiger partial charge on any atom is -0.439 e. The molecule has 3 rings (SSSR count). The van der Waals surface area contributed by atoms with Crippen LogP contribution in [0, 0.1) is 0 Å². The fourth-order valence-electron chi connectivity index (χ4n) is 1.96. The first-order valence-electron chi connectivity index (χ1n) is 5.12. The van der Waals surface area contributed by atoms with E-state index in [4.69, 9.17) is 4.42 Å². The Kier molecular flexibility index (Phi) is 2.25. The lowest BCUT2D eigenvalue weighted by molar-refractivity contribution is 0.452. The van der Waals surface area contributed by atoms with Crippen LogP contribution in [0.3, 0.4) is 0 Å². The van der Waals surface area contributed by atoms with Crippen LogP contribution in [0.25, 0.3) is 11.1 Å². The van der Waals surface area contributed by atoms with Gasteiger partial charge in [0.15, 0.2) is 5.58 Å². The fourth-order valence-corrected chi connectivity index (χ4v) is 2.31. The lowest BCUT2D eigenvalue weighted by Gasteiger charge is -2.02. The minimum atomic E-state index is 0.302. The van der Waals surface area contributed by atoms with Gasteiger partial charge in [0, 0.05) is 4.47 Å². The maximum Gasteiger partial charge on any atom is 0.212 e. The average Bonchev–Trinajstić information content (AvgIpc) is 2.84. The van der Waals surface area contributed by atoms with Crippen molar-refractivity contribution in [1.29, 1.82) is 0 Å². The molecule has 4 heteroatoms. The quantitative estimate of drug-likeness (QED) is 0.863. The van der Waals surface area contributed by atoms with Gasteiger partial charge in [0.25, 0.3) is 0 Å². The topological polar surface area (TPSA) is 38.1 Å². The summed E-state index contributed by atoms with van der Waals surface area (Å²) in [6.07, 6.45) is 2.32. The zero-order chi connectivity index (χ0) is 10.3. The number of aromatic nitrogens is 1. The number of oxazole rings is 1. The van der Waals surface area contributed by atoms with E-state index >= 15 is 0 Å². The molecule has 0 spiro atoms. The van der Waals surface area contributed by atoms with Gasteiger partial charge in [-0.2, -0.15) is 0 Å². The van der Waals surface area contributed by atoms with Crippen LogP contribution in [0.2, 0.25) is 0 Å². The predicted molar refractivity (Wildman–Crippen MR) is 61.7 cm³/mol. The zero-order valence-electron chi connectivity index (χ0n) is 8.16. The maximum atomic E-state index is 5.71. The van der Waals surface area contributed by atoms with Crippen molar-refractivity contribution in [3.63, 3.8) is 0 Å². The summed E-state index contributed by atoms with van der Waals surface area (Å²) in [4.78, 5) is 4.50. The van der Waals surface area contributed by atoms with Crippen molar-refractivity contribution in [3.8, 4) is 0 Å². The summed E-state index contributed by atoms with van der Waals surface area (Å²) in [5, 5.41) is 3.38. The highest BCUT2D eigenvalue weighted by molar-refractivity contribution is 9.10. The number of hydrogen-bond donors (Lipinski definition) is 1.